The number of carboxylic acid groups (broad SMARTS) is 1. The predicted octanol–water partition coefficient (Wildman–Crippen LogP) is 1.45. The first-order valence-electron chi connectivity index (χ1n) is 5.82. The molecule has 18 heavy (non-hydrogen) atoms. The van der Waals surface area contributed by atoms with Gasteiger partial charge in [-0.25, -0.2) is 0 Å². The highest BCUT2D eigenvalue weighted by Crippen LogP contribution is 2.22. The van der Waals surface area contributed by atoms with Crippen LogP contribution in [0.5, 0.6) is 5.75 Å². The van der Waals surface area contributed by atoms with Gasteiger partial charge in [-0.15, -0.1) is 0 Å². The summed E-state index contributed by atoms with van der Waals surface area (Å²) in [6.07, 6.45) is 1.84. The molecule has 0 fully saturated rings. The summed E-state index contributed by atoms with van der Waals surface area (Å²) in [7, 11) is 0. The van der Waals surface area contributed by atoms with Gasteiger partial charge >= 0.3 is 5.97 Å². The summed E-state index contributed by atoms with van der Waals surface area (Å²) in [5.41, 5.74) is 6.49. The van der Waals surface area contributed by atoms with E-state index >= 15 is 0 Å². The van der Waals surface area contributed by atoms with Crippen LogP contribution in [0.4, 0.5) is 0 Å². The minimum atomic E-state index is -0.997. The number of carbonyl (C=O) groups is 1. The van der Waals surface area contributed by atoms with Gasteiger partial charge in [0.05, 0.1) is 6.61 Å². The number of nitrogens with two attached hydrogens (primary N) is 1. The van der Waals surface area contributed by atoms with Crippen molar-refractivity contribution in [2.75, 3.05) is 6.61 Å². The van der Waals surface area contributed by atoms with Crippen molar-refractivity contribution < 1.29 is 14.6 Å². The highest BCUT2D eigenvalue weighted by atomic mass is 16.5. The van der Waals surface area contributed by atoms with E-state index in [1.165, 1.54) is 0 Å². The van der Waals surface area contributed by atoms with Crippen LogP contribution < -0.4 is 10.5 Å². The van der Waals surface area contributed by atoms with E-state index in [0.717, 1.165) is 16.7 Å². The normalized spacial score (nSPS) is 12.6. The molecule has 96 valence electrons. The van der Waals surface area contributed by atoms with Crippen molar-refractivity contribution >= 4 is 16.9 Å². The lowest BCUT2D eigenvalue weighted by atomic mass is 10.2. The summed E-state index contributed by atoms with van der Waals surface area (Å²) >= 11 is 0. The van der Waals surface area contributed by atoms with Crippen molar-refractivity contribution in [1.29, 1.82) is 0 Å². The van der Waals surface area contributed by atoms with Gasteiger partial charge in [0.1, 0.15) is 11.8 Å². The number of fused-ring (bicyclic) bond motifs is 1. The zero-order valence-corrected chi connectivity index (χ0v) is 10.2. The fraction of sp³-hybridized carbons (Fsp3) is 0.308. The van der Waals surface area contributed by atoms with Crippen LogP contribution in [0, 0.1) is 0 Å². The zero-order valence-electron chi connectivity index (χ0n) is 10.2. The van der Waals surface area contributed by atoms with Gasteiger partial charge in [0.15, 0.2) is 0 Å². The number of carboxylic acids is 1. The Morgan fingerprint density at radius 1 is 1.50 bits per heavy atom. The molecule has 2 rings (SSSR count). The van der Waals surface area contributed by atoms with Crippen molar-refractivity contribution in [3.05, 3.63) is 30.5 Å². The standard InChI is InChI=1S/C13H16N2O3/c1-2-18-10-3-4-12-9(7-10)5-6-15(12)8-11(14)13(16)17/h3-7,11H,2,8,14H2,1H3,(H,16,17). The van der Waals surface area contributed by atoms with Crippen LogP contribution in [0.25, 0.3) is 10.9 Å². The van der Waals surface area contributed by atoms with Crippen LogP contribution in [0.2, 0.25) is 0 Å². The third kappa shape index (κ3) is 2.46. The molecule has 1 aromatic carbocycles. The quantitative estimate of drug-likeness (QED) is 0.839. The molecule has 0 amide bonds. The molecule has 1 unspecified atom stereocenters. The molecule has 0 aliphatic rings. The molecule has 5 heteroatoms. The molecule has 1 heterocycles. The number of nitrogens with zero attached hydrogens (tertiary/aromatic N) is 1. The van der Waals surface area contributed by atoms with Gasteiger partial charge in [-0.05, 0) is 31.2 Å². The summed E-state index contributed by atoms with van der Waals surface area (Å²) in [4.78, 5) is 10.7. The monoisotopic (exact) mass is 248 g/mol. The largest absolute Gasteiger partial charge is 0.494 e. The Labute approximate surface area is 105 Å². The number of ether oxygens (including phenoxy) is 1. The second-order valence-electron chi connectivity index (χ2n) is 4.07. The second kappa shape index (κ2) is 5.10. The first kappa shape index (κ1) is 12.4. The van der Waals surface area contributed by atoms with Crippen molar-refractivity contribution in [3.8, 4) is 5.75 Å². The smallest absolute Gasteiger partial charge is 0.322 e. The molecule has 3 N–H and O–H groups in total. The number of rotatable bonds is 5. The van der Waals surface area contributed by atoms with Crippen LogP contribution in [0.15, 0.2) is 30.5 Å². The van der Waals surface area contributed by atoms with Gasteiger partial charge in [0.25, 0.3) is 0 Å². The van der Waals surface area contributed by atoms with Crippen molar-refractivity contribution in [2.45, 2.75) is 19.5 Å². The van der Waals surface area contributed by atoms with Gasteiger partial charge in [-0.2, -0.15) is 0 Å². The number of hydrogen-bond donors (Lipinski definition) is 2. The Morgan fingerprint density at radius 2 is 2.28 bits per heavy atom. The minimum Gasteiger partial charge on any atom is -0.494 e. The lowest BCUT2D eigenvalue weighted by Crippen LogP contribution is -2.34. The Morgan fingerprint density at radius 3 is 2.94 bits per heavy atom. The SMILES string of the molecule is CCOc1ccc2c(ccn2CC(N)C(=O)O)c1. The van der Waals surface area contributed by atoms with Crippen LogP contribution in [0.3, 0.4) is 0 Å². The third-order valence-corrected chi connectivity index (χ3v) is 2.76. The van der Waals surface area contributed by atoms with Crippen molar-refractivity contribution in [3.63, 3.8) is 0 Å². The van der Waals surface area contributed by atoms with Gasteiger partial charge in [-0.1, -0.05) is 0 Å². The van der Waals surface area contributed by atoms with Crippen LogP contribution in [-0.2, 0) is 11.3 Å². The molecule has 0 radical (unpaired) electrons. The number of hydrogen-bond acceptors (Lipinski definition) is 3. The van der Waals surface area contributed by atoms with Crippen molar-refractivity contribution in [2.24, 2.45) is 5.73 Å². The summed E-state index contributed by atoms with van der Waals surface area (Å²) in [6.45, 7) is 2.81. The first-order chi connectivity index (χ1) is 8.61. The Bertz CT molecular complexity index is 562. The highest BCUT2D eigenvalue weighted by molar-refractivity contribution is 5.82. The van der Waals surface area contributed by atoms with Crippen LogP contribution in [-0.4, -0.2) is 28.3 Å². The van der Waals surface area contributed by atoms with Crippen LogP contribution in [0.1, 0.15) is 6.92 Å². The van der Waals surface area contributed by atoms with E-state index in [1.807, 2.05) is 42.0 Å². The lowest BCUT2D eigenvalue weighted by Gasteiger charge is -2.09. The number of benzene rings is 1. The molecule has 0 aliphatic heterocycles. The average Bonchev–Trinajstić information content (AvgIpc) is 2.72. The molecule has 1 aromatic heterocycles. The molecule has 0 bridgehead atoms. The Balaban J connectivity index is 2.28. The van der Waals surface area contributed by atoms with Gasteiger partial charge in [0, 0.05) is 23.6 Å². The van der Waals surface area contributed by atoms with Gasteiger partial charge in [0.2, 0.25) is 0 Å². The average molecular weight is 248 g/mol. The Hall–Kier alpha value is -2.01. The molecular weight excluding hydrogens is 232 g/mol. The Kier molecular flexibility index (Phi) is 3.53. The summed E-state index contributed by atoms with van der Waals surface area (Å²) < 4.78 is 7.25. The molecule has 0 spiro atoms. The molecule has 0 saturated carbocycles. The van der Waals surface area contributed by atoms with E-state index in [9.17, 15) is 4.79 Å². The van der Waals surface area contributed by atoms with Crippen molar-refractivity contribution in [1.82, 2.24) is 4.57 Å². The summed E-state index contributed by atoms with van der Waals surface area (Å²) in [6, 6.07) is 6.74. The summed E-state index contributed by atoms with van der Waals surface area (Å²) in [5.74, 6) is -0.187. The van der Waals surface area contributed by atoms with Gasteiger partial charge < -0.3 is 20.1 Å². The maximum atomic E-state index is 10.7. The minimum absolute atomic E-state index is 0.257. The molecule has 2 aromatic rings. The van der Waals surface area contributed by atoms with E-state index < -0.39 is 12.0 Å². The fourth-order valence-electron chi connectivity index (χ4n) is 1.88. The maximum absolute atomic E-state index is 10.7. The number of aliphatic carboxylic acids is 1. The lowest BCUT2D eigenvalue weighted by molar-refractivity contribution is -0.138. The van der Waals surface area contributed by atoms with Crippen LogP contribution >= 0.6 is 0 Å². The zero-order chi connectivity index (χ0) is 13.1. The first-order valence-corrected chi connectivity index (χ1v) is 5.82. The van der Waals surface area contributed by atoms with E-state index in [4.69, 9.17) is 15.6 Å². The predicted molar refractivity (Wildman–Crippen MR) is 68.7 cm³/mol. The third-order valence-electron chi connectivity index (χ3n) is 2.76. The van der Waals surface area contributed by atoms with E-state index in [0.29, 0.717) is 6.61 Å². The van der Waals surface area contributed by atoms with Gasteiger partial charge in [-0.3, -0.25) is 4.79 Å². The second-order valence-corrected chi connectivity index (χ2v) is 4.07. The maximum Gasteiger partial charge on any atom is 0.322 e. The molecule has 0 saturated heterocycles. The molecule has 5 nitrogen and oxygen atoms in total. The fourth-order valence-corrected chi connectivity index (χ4v) is 1.88. The number of aromatic nitrogens is 1. The van der Waals surface area contributed by atoms with E-state index in [1.54, 1.807) is 0 Å². The highest BCUT2D eigenvalue weighted by Gasteiger charge is 2.13. The van der Waals surface area contributed by atoms with E-state index in [-0.39, 0.29) is 6.54 Å². The summed E-state index contributed by atoms with van der Waals surface area (Å²) in [5, 5.41) is 9.82. The van der Waals surface area contributed by atoms with E-state index in [2.05, 4.69) is 0 Å². The molecular formula is C13H16N2O3. The molecule has 0 aliphatic carbocycles. The molecule has 1 atom stereocenters. The topological polar surface area (TPSA) is 77.5 Å².